The monoisotopic (exact) mass is 441 g/mol. The van der Waals surface area contributed by atoms with E-state index in [2.05, 4.69) is 48.0 Å². The Morgan fingerprint density at radius 3 is 2.21 bits per heavy atom. The maximum absolute atomic E-state index is 13.2. The van der Waals surface area contributed by atoms with E-state index in [1.807, 2.05) is 39.0 Å². The number of hydrogen-bond donors (Lipinski definition) is 1. The zero-order valence-electron chi connectivity index (χ0n) is 19.5. The number of aryl methyl sites for hydroxylation is 2. The summed E-state index contributed by atoms with van der Waals surface area (Å²) in [4.78, 5) is 39.4. The van der Waals surface area contributed by atoms with E-state index < -0.39 is 17.8 Å². The molecule has 1 N–H and O–H groups in total. The number of carbonyl (C=O) groups excluding carboxylic acids is 3. The second-order valence-corrected chi connectivity index (χ2v) is 8.65. The number of urea groups is 1. The summed E-state index contributed by atoms with van der Waals surface area (Å²) in [7, 11) is 0. The fourth-order valence-corrected chi connectivity index (χ4v) is 4.19. The summed E-state index contributed by atoms with van der Waals surface area (Å²) in [5.74, 6) is -0.883. The summed E-state index contributed by atoms with van der Waals surface area (Å²) < 4.78 is 2.09. The normalized spacial score (nSPS) is 15.5. The highest BCUT2D eigenvalue weighted by atomic mass is 16.2. The van der Waals surface area contributed by atoms with Gasteiger partial charge in [0.1, 0.15) is 5.57 Å². The van der Waals surface area contributed by atoms with Crippen molar-refractivity contribution in [2.45, 2.75) is 40.5 Å². The molecule has 0 unspecified atom stereocenters. The molecular formula is C27H27N3O3. The first-order chi connectivity index (χ1) is 15.7. The lowest BCUT2D eigenvalue weighted by molar-refractivity contribution is -0.122. The van der Waals surface area contributed by atoms with Crippen LogP contribution in [0.2, 0.25) is 0 Å². The highest BCUT2D eigenvalue weighted by Crippen LogP contribution is 2.28. The molecule has 4 amide bonds. The predicted molar refractivity (Wildman–Crippen MR) is 130 cm³/mol. The lowest BCUT2D eigenvalue weighted by atomic mass is 10.0. The summed E-state index contributed by atoms with van der Waals surface area (Å²) in [6.45, 7) is 10.1. The third kappa shape index (κ3) is 4.00. The van der Waals surface area contributed by atoms with Crippen molar-refractivity contribution in [3.63, 3.8) is 0 Å². The number of barbiturate groups is 1. The van der Waals surface area contributed by atoms with Gasteiger partial charge in [0.05, 0.1) is 5.69 Å². The number of anilines is 1. The van der Waals surface area contributed by atoms with Crippen LogP contribution in [-0.4, -0.2) is 22.4 Å². The van der Waals surface area contributed by atoms with Crippen molar-refractivity contribution in [3.05, 3.63) is 88.2 Å². The van der Waals surface area contributed by atoms with Crippen molar-refractivity contribution >= 4 is 29.6 Å². The summed E-state index contributed by atoms with van der Waals surface area (Å²) >= 11 is 0. The molecule has 6 nitrogen and oxygen atoms in total. The Morgan fingerprint density at radius 1 is 0.909 bits per heavy atom. The zero-order valence-corrected chi connectivity index (χ0v) is 19.5. The van der Waals surface area contributed by atoms with E-state index in [9.17, 15) is 14.4 Å². The van der Waals surface area contributed by atoms with Gasteiger partial charge < -0.3 is 4.57 Å². The van der Waals surface area contributed by atoms with Crippen LogP contribution >= 0.6 is 0 Å². The first kappa shape index (κ1) is 22.3. The molecular weight excluding hydrogens is 414 g/mol. The minimum atomic E-state index is -0.743. The standard InChI is InChI=1S/C27H27N3O3/c1-16(2)20-10-12-22(13-11-20)29-18(4)14-21(19(29)5)15-23-25(31)28-27(33)30(26(23)32)24-9-7-6-8-17(24)3/h6-16H,1-5H3,(H,28,31,33). The van der Waals surface area contributed by atoms with E-state index in [1.54, 1.807) is 18.2 Å². The van der Waals surface area contributed by atoms with Crippen molar-refractivity contribution < 1.29 is 14.4 Å². The van der Waals surface area contributed by atoms with Gasteiger partial charge in [-0.05, 0) is 73.7 Å². The molecule has 1 aliphatic rings. The minimum Gasteiger partial charge on any atom is -0.318 e. The van der Waals surface area contributed by atoms with Gasteiger partial charge in [0.2, 0.25) is 0 Å². The smallest absolute Gasteiger partial charge is 0.318 e. The molecule has 0 radical (unpaired) electrons. The van der Waals surface area contributed by atoms with Gasteiger partial charge in [-0.25, -0.2) is 9.69 Å². The topological polar surface area (TPSA) is 71.4 Å². The molecule has 0 atom stereocenters. The highest BCUT2D eigenvalue weighted by Gasteiger charge is 2.37. The third-order valence-corrected chi connectivity index (χ3v) is 6.05. The number of nitrogens with one attached hydrogen (secondary N) is 1. The Kier molecular flexibility index (Phi) is 5.77. The molecule has 33 heavy (non-hydrogen) atoms. The molecule has 6 heteroatoms. The summed E-state index contributed by atoms with van der Waals surface area (Å²) in [5.41, 5.74) is 6.03. The Morgan fingerprint density at radius 2 is 1.58 bits per heavy atom. The Balaban J connectivity index is 1.74. The fourth-order valence-electron chi connectivity index (χ4n) is 4.19. The van der Waals surface area contributed by atoms with Gasteiger partial charge in [0.15, 0.2) is 0 Å². The van der Waals surface area contributed by atoms with Crippen LogP contribution in [0.1, 0.15) is 47.8 Å². The average molecular weight is 442 g/mol. The molecule has 1 aliphatic heterocycles. The summed E-state index contributed by atoms with van der Waals surface area (Å²) in [6, 6.07) is 16.6. The van der Waals surface area contributed by atoms with E-state index in [0.29, 0.717) is 11.6 Å². The number of rotatable bonds is 4. The van der Waals surface area contributed by atoms with Crippen LogP contribution in [0.4, 0.5) is 10.5 Å². The SMILES string of the molecule is Cc1ccccc1N1C(=O)NC(=O)C(=Cc2cc(C)n(-c3ccc(C(C)C)cc3)c2C)C1=O. The number of hydrogen-bond acceptors (Lipinski definition) is 3. The molecule has 0 bridgehead atoms. The van der Waals surface area contributed by atoms with E-state index >= 15 is 0 Å². The average Bonchev–Trinajstić information content (AvgIpc) is 3.05. The first-order valence-electron chi connectivity index (χ1n) is 11.0. The lowest BCUT2D eigenvalue weighted by Crippen LogP contribution is -2.54. The van der Waals surface area contributed by atoms with Gasteiger partial charge in [-0.15, -0.1) is 0 Å². The zero-order chi connectivity index (χ0) is 23.9. The van der Waals surface area contributed by atoms with Crippen LogP contribution in [0, 0.1) is 20.8 Å². The van der Waals surface area contributed by atoms with Gasteiger partial charge in [-0.3, -0.25) is 14.9 Å². The van der Waals surface area contributed by atoms with Crippen molar-refractivity contribution in [1.29, 1.82) is 0 Å². The van der Waals surface area contributed by atoms with Crippen LogP contribution in [0.3, 0.4) is 0 Å². The maximum Gasteiger partial charge on any atom is 0.335 e. The third-order valence-electron chi connectivity index (χ3n) is 6.05. The number of nitrogens with zero attached hydrogens (tertiary/aromatic N) is 2. The van der Waals surface area contributed by atoms with Gasteiger partial charge in [0, 0.05) is 17.1 Å². The van der Waals surface area contributed by atoms with Crippen molar-refractivity contribution in [2.24, 2.45) is 0 Å². The Bertz CT molecular complexity index is 1300. The summed E-state index contributed by atoms with van der Waals surface area (Å²) in [6.07, 6.45) is 1.57. The number of imide groups is 2. The van der Waals surface area contributed by atoms with E-state index in [1.165, 1.54) is 5.56 Å². The van der Waals surface area contributed by atoms with Crippen LogP contribution in [0.25, 0.3) is 11.8 Å². The summed E-state index contributed by atoms with van der Waals surface area (Å²) in [5, 5.41) is 2.30. The van der Waals surface area contributed by atoms with E-state index in [4.69, 9.17) is 0 Å². The van der Waals surface area contributed by atoms with Gasteiger partial charge in [0.25, 0.3) is 11.8 Å². The molecule has 1 aromatic heterocycles. The molecule has 168 valence electrons. The van der Waals surface area contributed by atoms with Crippen molar-refractivity contribution in [3.8, 4) is 5.69 Å². The molecule has 2 aromatic carbocycles. The Labute approximate surface area is 193 Å². The van der Waals surface area contributed by atoms with Crippen LogP contribution in [0.5, 0.6) is 0 Å². The van der Waals surface area contributed by atoms with E-state index in [-0.39, 0.29) is 5.57 Å². The molecule has 3 aromatic rings. The van der Waals surface area contributed by atoms with Gasteiger partial charge in [-0.1, -0.05) is 44.2 Å². The lowest BCUT2D eigenvalue weighted by Gasteiger charge is -2.27. The number of amides is 4. The Hall–Kier alpha value is -3.93. The number of para-hydroxylation sites is 1. The number of benzene rings is 2. The fraction of sp³-hybridized carbons (Fsp3) is 0.222. The molecule has 0 saturated carbocycles. The minimum absolute atomic E-state index is 0.0757. The molecule has 2 heterocycles. The van der Waals surface area contributed by atoms with Crippen molar-refractivity contribution in [1.82, 2.24) is 9.88 Å². The largest absolute Gasteiger partial charge is 0.335 e. The highest BCUT2D eigenvalue weighted by molar-refractivity contribution is 6.39. The molecule has 0 spiro atoms. The van der Waals surface area contributed by atoms with Crippen LogP contribution in [0.15, 0.2) is 60.2 Å². The quantitative estimate of drug-likeness (QED) is 0.447. The first-order valence-corrected chi connectivity index (χ1v) is 11.0. The van der Waals surface area contributed by atoms with Crippen LogP contribution < -0.4 is 10.2 Å². The second kappa shape index (κ2) is 8.54. The molecule has 1 saturated heterocycles. The van der Waals surface area contributed by atoms with Gasteiger partial charge >= 0.3 is 6.03 Å². The van der Waals surface area contributed by atoms with Gasteiger partial charge in [-0.2, -0.15) is 0 Å². The molecule has 0 aliphatic carbocycles. The molecule has 1 fully saturated rings. The second-order valence-electron chi connectivity index (χ2n) is 8.65. The number of carbonyl (C=O) groups is 3. The predicted octanol–water partition coefficient (Wildman–Crippen LogP) is 5.19. The molecule has 4 rings (SSSR count). The van der Waals surface area contributed by atoms with Crippen LogP contribution in [-0.2, 0) is 9.59 Å². The van der Waals surface area contributed by atoms with E-state index in [0.717, 1.165) is 33.1 Å². The number of aromatic nitrogens is 1. The van der Waals surface area contributed by atoms with Crippen molar-refractivity contribution in [2.75, 3.05) is 4.90 Å². The maximum atomic E-state index is 13.2.